The molecule has 0 unspecified atom stereocenters. The average Bonchev–Trinajstić information content (AvgIpc) is 2.41. The van der Waals surface area contributed by atoms with E-state index >= 15 is 0 Å². The van der Waals surface area contributed by atoms with E-state index in [2.05, 4.69) is 20.9 Å². The molecule has 0 N–H and O–H groups in total. The van der Waals surface area contributed by atoms with Crippen LogP contribution >= 0.6 is 15.9 Å². The summed E-state index contributed by atoms with van der Waals surface area (Å²) in [5.41, 5.74) is -0.822. The van der Waals surface area contributed by atoms with Gasteiger partial charge in [-0.1, -0.05) is 0 Å². The normalized spacial score (nSPS) is 12.3. The monoisotopic (exact) mass is 264 g/mol. The molecule has 0 aliphatic heterocycles. The lowest BCUT2D eigenvalue weighted by atomic mass is 10.2. The molecule has 0 saturated carbocycles. The van der Waals surface area contributed by atoms with Crippen molar-refractivity contribution < 1.29 is 13.2 Å². The van der Waals surface area contributed by atoms with E-state index in [0.29, 0.717) is 4.60 Å². The van der Waals surface area contributed by atoms with Crippen molar-refractivity contribution in [1.29, 1.82) is 0 Å². The first-order valence-corrected chi connectivity index (χ1v) is 4.48. The molecule has 14 heavy (non-hydrogen) atoms. The average molecular weight is 265 g/mol. The van der Waals surface area contributed by atoms with Crippen LogP contribution in [0.4, 0.5) is 13.2 Å². The molecule has 6 heteroatoms. The molecule has 2 nitrogen and oxygen atoms in total. The molecule has 0 spiro atoms. The fraction of sp³-hybridized carbons (Fsp3) is 0.125. The number of halogens is 4. The minimum absolute atomic E-state index is 0.0909. The molecule has 0 bridgehead atoms. The number of rotatable bonds is 0. The Morgan fingerprint density at radius 2 is 2.07 bits per heavy atom. The lowest BCUT2D eigenvalue weighted by Gasteiger charge is -2.06. The second-order valence-electron chi connectivity index (χ2n) is 2.71. The zero-order valence-corrected chi connectivity index (χ0v) is 8.30. The molecule has 0 fully saturated rings. The third kappa shape index (κ3) is 1.50. The van der Waals surface area contributed by atoms with Gasteiger partial charge < -0.3 is 4.40 Å². The number of alkyl halides is 3. The quantitative estimate of drug-likeness (QED) is 0.715. The van der Waals surface area contributed by atoms with E-state index in [-0.39, 0.29) is 5.65 Å². The van der Waals surface area contributed by atoms with E-state index in [1.807, 2.05) is 0 Å². The van der Waals surface area contributed by atoms with E-state index < -0.39 is 11.7 Å². The van der Waals surface area contributed by atoms with Crippen molar-refractivity contribution in [3.63, 3.8) is 0 Å². The molecule has 0 saturated heterocycles. The van der Waals surface area contributed by atoms with Crippen LogP contribution < -0.4 is 0 Å². The van der Waals surface area contributed by atoms with Crippen molar-refractivity contribution in [2.24, 2.45) is 0 Å². The SMILES string of the molecule is FC(F)(F)c1cccn2cc(Br)nc12. The minimum atomic E-state index is -4.37. The Morgan fingerprint density at radius 1 is 1.36 bits per heavy atom. The molecule has 2 rings (SSSR count). The molecule has 74 valence electrons. The maximum atomic E-state index is 12.5. The number of nitrogens with zero attached hydrogens (tertiary/aromatic N) is 2. The molecule has 2 aromatic heterocycles. The number of hydrogen-bond acceptors (Lipinski definition) is 1. The summed E-state index contributed by atoms with van der Waals surface area (Å²) in [5, 5.41) is 0. The van der Waals surface area contributed by atoms with E-state index in [1.165, 1.54) is 22.9 Å². The van der Waals surface area contributed by atoms with Crippen LogP contribution in [0, 0.1) is 0 Å². The highest BCUT2D eigenvalue weighted by Crippen LogP contribution is 2.32. The predicted octanol–water partition coefficient (Wildman–Crippen LogP) is 3.12. The smallest absolute Gasteiger partial charge is 0.305 e. The minimum Gasteiger partial charge on any atom is -0.305 e. The summed E-state index contributed by atoms with van der Waals surface area (Å²) in [7, 11) is 0. The summed E-state index contributed by atoms with van der Waals surface area (Å²) in [6, 6.07) is 2.35. The van der Waals surface area contributed by atoms with Gasteiger partial charge in [-0.2, -0.15) is 13.2 Å². The van der Waals surface area contributed by atoms with Crippen LogP contribution in [-0.2, 0) is 6.18 Å². The molecule has 0 aromatic carbocycles. The van der Waals surface area contributed by atoms with Gasteiger partial charge in [0, 0.05) is 12.4 Å². The second-order valence-corrected chi connectivity index (χ2v) is 3.53. The topological polar surface area (TPSA) is 17.3 Å². The van der Waals surface area contributed by atoms with Crippen molar-refractivity contribution in [2.75, 3.05) is 0 Å². The van der Waals surface area contributed by atoms with Crippen molar-refractivity contribution in [3.05, 3.63) is 34.7 Å². The summed E-state index contributed by atoms with van der Waals surface area (Å²) in [5.74, 6) is 0. The number of fused-ring (bicyclic) bond motifs is 1. The van der Waals surface area contributed by atoms with Gasteiger partial charge >= 0.3 is 6.18 Å². The Labute approximate surface area is 85.5 Å². The molecule has 0 aliphatic rings. The number of hydrogen-bond donors (Lipinski definition) is 0. The van der Waals surface area contributed by atoms with E-state index in [1.54, 1.807) is 0 Å². The van der Waals surface area contributed by atoms with Gasteiger partial charge in [0.25, 0.3) is 0 Å². The fourth-order valence-electron chi connectivity index (χ4n) is 1.20. The largest absolute Gasteiger partial charge is 0.419 e. The van der Waals surface area contributed by atoms with Gasteiger partial charge in [-0.3, -0.25) is 0 Å². The third-order valence-corrected chi connectivity index (χ3v) is 2.14. The van der Waals surface area contributed by atoms with Crippen molar-refractivity contribution in [2.45, 2.75) is 6.18 Å². The predicted molar refractivity (Wildman–Crippen MR) is 47.9 cm³/mol. The molecule has 0 radical (unpaired) electrons. The lowest BCUT2D eigenvalue weighted by molar-refractivity contribution is -0.136. The first-order chi connectivity index (χ1) is 6.48. The van der Waals surface area contributed by atoms with Gasteiger partial charge in [-0.15, -0.1) is 0 Å². The first kappa shape index (κ1) is 9.51. The highest BCUT2D eigenvalue weighted by molar-refractivity contribution is 9.10. The number of pyridine rings is 1. The molecule has 0 aliphatic carbocycles. The summed E-state index contributed by atoms with van der Waals surface area (Å²) < 4.78 is 39.1. The lowest BCUT2D eigenvalue weighted by Crippen LogP contribution is -2.07. The zero-order valence-electron chi connectivity index (χ0n) is 6.72. The Balaban J connectivity index is 2.77. The zero-order chi connectivity index (χ0) is 10.3. The van der Waals surface area contributed by atoms with Crippen molar-refractivity contribution in [1.82, 2.24) is 9.38 Å². The summed E-state index contributed by atoms with van der Waals surface area (Å²) in [6.07, 6.45) is -1.37. The van der Waals surface area contributed by atoms with Gasteiger partial charge in [0.05, 0.1) is 5.56 Å². The molecule has 0 amide bonds. The van der Waals surface area contributed by atoms with Crippen LogP contribution in [0.3, 0.4) is 0 Å². The maximum absolute atomic E-state index is 12.5. The Kier molecular flexibility index (Phi) is 2.02. The van der Waals surface area contributed by atoms with E-state index in [9.17, 15) is 13.2 Å². The van der Waals surface area contributed by atoms with Crippen molar-refractivity contribution >= 4 is 21.6 Å². The molecule has 2 heterocycles. The Bertz CT molecular complexity index is 475. The first-order valence-electron chi connectivity index (χ1n) is 3.69. The van der Waals surface area contributed by atoms with Crippen LogP contribution in [0.5, 0.6) is 0 Å². The van der Waals surface area contributed by atoms with Gasteiger partial charge in [0.1, 0.15) is 10.3 Å². The van der Waals surface area contributed by atoms with Crippen molar-refractivity contribution in [3.8, 4) is 0 Å². The number of aromatic nitrogens is 2. The highest BCUT2D eigenvalue weighted by Gasteiger charge is 2.33. The standard InChI is InChI=1S/C8H4BrF3N2/c9-6-4-14-3-1-2-5(7(14)13-6)8(10,11)12/h1-4H. The van der Waals surface area contributed by atoms with Crippen LogP contribution in [-0.4, -0.2) is 9.38 Å². The molecular weight excluding hydrogens is 261 g/mol. The van der Waals surface area contributed by atoms with Gasteiger partial charge in [0.15, 0.2) is 0 Å². The third-order valence-electron chi connectivity index (χ3n) is 1.76. The van der Waals surface area contributed by atoms with E-state index in [0.717, 1.165) is 6.07 Å². The Morgan fingerprint density at radius 3 is 2.71 bits per heavy atom. The van der Waals surface area contributed by atoms with Crippen LogP contribution in [0.1, 0.15) is 5.56 Å². The van der Waals surface area contributed by atoms with Crippen LogP contribution in [0.15, 0.2) is 29.1 Å². The Hall–Kier alpha value is -1.04. The summed E-state index contributed by atoms with van der Waals surface area (Å²) in [4.78, 5) is 3.74. The molecule has 0 atom stereocenters. The van der Waals surface area contributed by atoms with Crippen LogP contribution in [0.2, 0.25) is 0 Å². The summed E-state index contributed by atoms with van der Waals surface area (Å²) >= 11 is 3.03. The summed E-state index contributed by atoms with van der Waals surface area (Å²) in [6.45, 7) is 0. The van der Waals surface area contributed by atoms with Crippen LogP contribution in [0.25, 0.3) is 5.65 Å². The maximum Gasteiger partial charge on any atom is 0.419 e. The van der Waals surface area contributed by atoms with Gasteiger partial charge in [-0.25, -0.2) is 4.98 Å². The van der Waals surface area contributed by atoms with Gasteiger partial charge in [0.2, 0.25) is 0 Å². The molecule has 2 aromatic rings. The second kappa shape index (κ2) is 2.98. The molecular formula is C8H4BrF3N2. The highest BCUT2D eigenvalue weighted by atomic mass is 79.9. The van der Waals surface area contributed by atoms with E-state index in [4.69, 9.17) is 0 Å². The number of imidazole rings is 1. The fourth-order valence-corrected chi connectivity index (χ4v) is 1.59. The van der Waals surface area contributed by atoms with Gasteiger partial charge in [-0.05, 0) is 28.1 Å².